The molecular weight excluding hydrogens is 344 g/mol. The molecule has 7 heteroatoms. The number of nitrogens with zero attached hydrogens (tertiary/aromatic N) is 3. The van der Waals surface area contributed by atoms with E-state index in [4.69, 9.17) is 9.84 Å². The maximum absolute atomic E-state index is 10.9. The summed E-state index contributed by atoms with van der Waals surface area (Å²) >= 11 is 0. The molecule has 0 saturated heterocycles. The van der Waals surface area contributed by atoms with Gasteiger partial charge < -0.3 is 10.1 Å². The van der Waals surface area contributed by atoms with Gasteiger partial charge in [0.25, 0.3) is 5.69 Å². The van der Waals surface area contributed by atoms with Crippen molar-refractivity contribution in [3.05, 3.63) is 75.5 Å². The van der Waals surface area contributed by atoms with Gasteiger partial charge in [-0.25, -0.2) is 4.68 Å². The maximum Gasteiger partial charge on any atom is 0.269 e. The molecule has 3 aromatic rings. The van der Waals surface area contributed by atoms with Crippen LogP contribution in [0.1, 0.15) is 16.8 Å². The van der Waals surface area contributed by atoms with Crippen molar-refractivity contribution in [3.63, 3.8) is 0 Å². The summed E-state index contributed by atoms with van der Waals surface area (Å²) in [5.41, 5.74) is 4.45. The van der Waals surface area contributed by atoms with Gasteiger partial charge in [-0.3, -0.25) is 10.1 Å². The average Bonchev–Trinajstić information content (AvgIpc) is 3.30. The van der Waals surface area contributed by atoms with E-state index in [0.717, 1.165) is 48.8 Å². The highest BCUT2D eigenvalue weighted by Gasteiger charge is 2.23. The number of anilines is 1. The Morgan fingerprint density at radius 1 is 1.15 bits per heavy atom. The van der Waals surface area contributed by atoms with Crippen LogP contribution in [0, 0.1) is 10.1 Å². The topological polar surface area (TPSA) is 82.2 Å². The minimum absolute atomic E-state index is 0.0789. The van der Waals surface area contributed by atoms with E-state index in [9.17, 15) is 10.1 Å². The highest BCUT2D eigenvalue weighted by molar-refractivity contribution is 5.57. The van der Waals surface area contributed by atoms with Gasteiger partial charge in [-0.05, 0) is 49.1 Å². The van der Waals surface area contributed by atoms with E-state index < -0.39 is 4.92 Å². The highest BCUT2D eigenvalue weighted by Crippen LogP contribution is 2.30. The van der Waals surface area contributed by atoms with Crippen LogP contribution in [0.4, 0.5) is 11.5 Å². The molecule has 2 heterocycles. The second-order valence-corrected chi connectivity index (χ2v) is 6.48. The van der Waals surface area contributed by atoms with Gasteiger partial charge in [0.15, 0.2) is 0 Å². The molecule has 2 aromatic carbocycles. The van der Waals surface area contributed by atoms with Crippen molar-refractivity contribution in [2.45, 2.75) is 19.3 Å². The number of methoxy groups -OCH3 is 1. The Labute approximate surface area is 156 Å². The standard InChI is InChI=1S/C20H20N4O3/c1-27-17-9-2-14(3-10-17)4-11-19-18-12-13-21-20(18)23(22-19)15-5-7-16(8-6-15)24(25)26/h2-3,5-10,21H,4,11-13H2,1H3. The summed E-state index contributed by atoms with van der Waals surface area (Å²) in [6, 6.07) is 14.6. The third kappa shape index (κ3) is 3.36. The average molecular weight is 364 g/mol. The first kappa shape index (κ1) is 17.1. The van der Waals surface area contributed by atoms with Gasteiger partial charge in [0.05, 0.1) is 23.4 Å². The van der Waals surface area contributed by atoms with E-state index in [0.29, 0.717) is 0 Å². The molecule has 0 saturated carbocycles. The number of ether oxygens (including phenoxy) is 1. The molecule has 0 atom stereocenters. The Morgan fingerprint density at radius 2 is 1.89 bits per heavy atom. The van der Waals surface area contributed by atoms with Gasteiger partial charge in [-0.15, -0.1) is 0 Å². The fraction of sp³-hybridized carbons (Fsp3) is 0.250. The van der Waals surface area contributed by atoms with Gasteiger partial charge in [-0.2, -0.15) is 5.10 Å². The van der Waals surface area contributed by atoms with E-state index in [-0.39, 0.29) is 5.69 Å². The Hall–Kier alpha value is -3.35. The van der Waals surface area contributed by atoms with E-state index in [1.165, 1.54) is 23.3 Å². The molecule has 1 aromatic heterocycles. The SMILES string of the molecule is COc1ccc(CCc2nn(-c3ccc([N+](=O)[O-])cc3)c3c2CCN3)cc1. The lowest BCUT2D eigenvalue weighted by Crippen LogP contribution is -2.05. The van der Waals surface area contributed by atoms with Crippen LogP contribution in [0.15, 0.2) is 48.5 Å². The van der Waals surface area contributed by atoms with Crippen molar-refractivity contribution < 1.29 is 9.66 Å². The van der Waals surface area contributed by atoms with Crippen LogP contribution in [0.25, 0.3) is 5.69 Å². The van der Waals surface area contributed by atoms with Gasteiger partial charge in [0, 0.05) is 24.2 Å². The van der Waals surface area contributed by atoms with Crippen molar-refractivity contribution in [1.82, 2.24) is 9.78 Å². The fourth-order valence-electron chi connectivity index (χ4n) is 3.40. The Kier molecular flexibility index (Phi) is 4.50. The monoisotopic (exact) mass is 364 g/mol. The van der Waals surface area contributed by atoms with Crippen LogP contribution >= 0.6 is 0 Å². The number of non-ortho nitro benzene ring substituents is 1. The highest BCUT2D eigenvalue weighted by atomic mass is 16.6. The molecule has 0 fully saturated rings. The Bertz CT molecular complexity index is 962. The van der Waals surface area contributed by atoms with Crippen LogP contribution in [0.2, 0.25) is 0 Å². The van der Waals surface area contributed by atoms with Crippen LogP contribution in [-0.2, 0) is 19.3 Å². The molecule has 1 N–H and O–H groups in total. The fourth-order valence-corrected chi connectivity index (χ4v) is 3.40. The number of nitrogens with one attached hydrogen (secondary N) is 1. The molecule has 1 aliphatic heterocycles. The van der Waals surface area contributed by atoms with Gasteiger partial charge >= 0.3 is 0 Å². The maximum atomic E-state index is 10.9. The van der Waals surface area contributed by atoms with Gasteiger partial charge in [0.1, 0.15) is 11.6 Å². The molecule has 0 aliphatic carbocycles. The molecule has 0 unspecified atom stereocenters. The Morgan fingerprint density at radius 3 is 2.56 bits per heavy atom. The van der Waals surface area contributed by atoms with Crippen molar-refractivity contribution in [3.8, 4) is 11.4 Å². The first-order chi connectivity index (χ1) is 13.2. The van der Waals surface area contributed by atoms with Crippen molar-refractivity contribution in [2.75, 3.05) is 19.0 Å². The smallest absolute Gasteiger partial charge is 0.269 e. The minimum Gasteiger partial charge on any atom is -0.497 e. The Balaban J connectivity index is 1.57. The largest absolute Gasteiger partial charge is 0.497 e. The number of aryl methyl sites for hydroxylation is 2. The summed E-state index contributed by atoms with van der Waals surface area (Å²) < 4.78 is 7.06. The normalized spacial score (nSPS) is 12.5. The first-order valence-electron chi connectivity index (χ1n) is 8.88. The number of nitro groups is 1. The van der Waals surface area contributed by atoms with Crippen molar-refractivity contribution in [2.24, 2.45) is 0 Å². The zero-order valence-electron chi connectivity index (χ0n) is 15.0. The lowest BCUT2D eigenvalue weighted by Gasteiger charge is -2.06. The summed E-state index contributed by atoms with van der Waals surface area (Å²) in [4.78, 5) is 10.5. The van der Waals surface area contributed by atoms with E-state index >= 15 is 0 Å². The van der Waals surface area contributed by atoms with Crippen LogP contribution in [0.3, 0.4) is 0 Å². The third-order valence-electron chi connectivity index (χ3n) is 4.85. The molecule has 1 aliphatic rings. The van der Waals surface area contributed by atoms with Crippen molar-refractivity contribution in [1.29, 1.82) is 0 Å². The summed E-state index contributed by atoms with van der Waals surface area (Å²) in [6.07, 6.45) is 2.68. The summed E-state index contributed by atoms with van der Waals surface area (Å²) in [5.74, 6) is 1.85. The molecule has 0 spiro atoms. The molecule has 7 nitrogen and oxygen atoms in total. The molecule has 138 valence electrons. The number of rotatable bonds is 6. The van der Waals surface area contributed by atoms with E-state index in [1.807, 2.05) is 16.8 Å². The third-order valence-corrected chi connectivity index (χ3v) is 4.85. The number of hydrogen-bond acceptors (Lipinski definition) is 5. The predicted molar refractivity (Wildman–Crippen MR) is 103 cm³/mol. The number of benzene rings is 2. The number of aromatic nitrogens is 2. The summed E-state index contributed by atoms with van der Waals surface area (Å²) in [7, 11) is 1.66. The lowest BCUT2D eigenvalue weighted by atomic mass is 10.1. The molecular formula is C20H20N4O3. The van der Waals surface area contributed by atoms with Crippen LogP contribution in [-0.4, -0.2) is 28.4 Å². The molecule has 0 amide bonds. The number of fused-ring (bicyclic) bond motifs is 1. The van der Waals surface area contributed by atoms with Gasteiger partial charge in [-0.1, -0.05) is 12.1 Å². The molecule has 0 radical (unpaired) electrons. The molecule has 27 heavy (non-hydrogen) atoms. The van der Waals surface area contributed by atoms with Crippen LogP contribution in [0.5, 0.6) is 5.75 Å². The van der Waals surface area contributed by atoms with Crippen molar-refractivity contribution >= 4 is 11.5 Å². The lowest BCUT2D eigenvalue weighted by molar-refractivity contribution is -0.384. The minimum atomic E-state index is -0.393. The molecule has 4 rings (SSSR count). The number of nitro benzene ring substituents is 1. The quantitative estimate of drug-likeness (QED) is 0.534. The molecule has 0 bridgehead atoms. The second-order valence-electron chi connectivity index (χ2n) is 6.48. The number of hydrogen-bond donors (Lipinski definition) is 1. The zero-order valence-corrected chi connectivity index (χ0v) is 15.0. The van der Waals surface area contributed by atoms with E-state index in [2.05, 4.69) is 17.4 Å². The zero-order chi connectivity index (χ0) is 18.8. The predicted octanol–water partition coefficient (Wildman–Crippen LogP) is 3.54. The first-order valence-corrected chi connectivity index (χ1v) is 8.88. The van der Waals surface area contributed by atoms with Crippen LogP contribution < -0.4 is 10.1 Å². The van der Waals surface area contributed by atoms with E-state index in [1.54, 1.807) is 19.2 Å². The summed E-state index contributed by atoms with van der Waals surface area (Å²) in [6.45, 7) is 0.885. The second kappa shape index (κ2) is 7.11. The summed E-state index contributed by atoms with van der Waals surface area (Å²) in [5, 5.41) is 19.0. The van der Waals surface area contributed by atoms with Gasteiger partial charge in [0.2, 0.25) is 0 Å².